The molecule has 1 fully saturated rings. The molecule has 1 amide bonds. The number of carbonyl (C=O) groups is 1. The van der Waals surface area contributed by atoms with Crippen LogP contribution in [-0.4, -0.2) is 28.4 Å². The van der Waals surface area contributed by atoms with E-state index in [2.05, 4.69) is 9.88 Å². The number of hydrogen-bond acceptors (Lipinski definition) is 4. The number of rotatable bonds is 6. The molecule has 1 aliphatic carbocycles. The van der Waals surface area contributed by atoms with Crippen molar-refractivity contribution in [2.45, 2.75) is 44.8 Å². The minimum Gasteiger partial charge on any atom is -0.369 e. The fraction of sp³-hybridized carbons (Fsp3) is 0.571. The number of pyridine rings is 1. The van der Waals surface area contributed by atoms with E-state index in [1.54, 1.807) is 6.20 Å². The van der Waals surface area contributed by atoms with Crippen LogP contribution in [0, 0.1) is 0 Å². The molecule has 1 aromatic rings. The number of nitrogens with zero attached hydrogens (tertiary/aromatic N) is 2. The van der Waals surface area contributed by atoms with Crippen LogP contribution in [0.15, 0.2) is 18.3 Å². The van der Waals surface area contributed by atoms with Crippen molar-refractivity contribution in [3.63, 3.8) is 0 Å². The van der Waals surface area contributed by atoms with Gasteiger partial charge in [0.15, 0.2) is 0 Å². The normalized spacial score (nSPS) is 16.1. The highest BCUT2D eigenvalue weighted by Gasteiger charge is 2.23. The zero-order valence-electron chi connectivity index (χ0n) is 11.2. The van der Waals surface area contributed by atoms with Crippen molar-refractivity contribution in [1.82, 2.24) is 9.88 Å². The van der Waals surface area contributed by atoms with Gasteiger partial charge in [-0.2, -0.15) is 0 Å². The van der Waals surface area contributed by atoms with Crippen LogP contribution in [0.25, 0.3) is 0 Å². The lowest BCUT2D eigenvalue weighted by molar-refractivity contribution is -0.119. The predicted molar refractivity (Wildman–Crippen MR) is 74.0 cm³/mol. The van der Waals surface area contributed by atoms with Gasteiger partial charge in [-0.25, -0.2) is 0 Å². The number of primary amides is 1. The summed E-state index contributed by atoms with van der Waals surface area (Å²) in [7, 11) is 0. The Morgan fingerprint density at radius 2 is 2.16 bits per heavy atom. The summed E-state index contributed by atoms with van der Waals surface area (Å²) in [5.41, 5.74) is 13.0. The van der Waals surface area contributed by atoms with Crippen LogP contribution in [0.2, 0.25) is 0 Å². The molecule has 0 aliphatic heterocycles. The fourth-order valence-electron chi connectivity index (χ4n) is 2.76. The van der Waals surface area contributed by atoms with E-state index in [1.165, 1.54) is 12.8 Å². The lowest BCUT2D eigenvalue weighted by atomic mass is 10.1. The summed E-state index contributed by atoms with van der Waals surface area (Å²) < 4.78 is 0. The molecule has 0 spiro atoms. The number of nitrogens with two attached hydrogens (primary N) is 2. The Labute approximate surface area is 114 Å². The predicted octanol–water partition coefficient (Wildman–Crippen LogP) is 0.770. The van der Waals surface area contributed by atoms with Gasteiger partial charge in [0.05, 0.1) is 12.2 Å². The van der Waals surface area contributed by atoms with E-state index in [9.17, 15) is 4.79 Å². The van der Waals surface area contributed by atoms with Gasteiger partial charge in [-0.1, -0.05) is 12.8 Å². The molecule has 5 nitrogen and oxygen atoms in total. The van der Waals surface area contributed by atoms with Gasteiger partial charge in [-0.05, 0) is 30.5 Å². The molecule has 2 rings (SSSR count). The first kappa shape index (κ1) is 14.0. The lowest BCUT2D eigenvalue weighted by Crippen LogP contribution is -2.39. The Balaban J connectivity index is 2.07. The second-order valence-corrected chi connectivity index (χ2v) is 5.17. The quantitative estimate of drug-likeness (QED) is 0.793. The van der Waals surface area contributed by atoms with Gasteiger partial charge < -0.3 is 11.5 Å². The third-order valence-corrected chi connectivity index (χ3v) is 3.68. The van der Waals surface area contributed by atoms with Crippen LogP contribution in [-0.2, 0) is 17.9 Å². The van der Waals surface area contributed by atoms with Crippen molar-refractivity contribution in [3.8, 4) is 0 Å². The first-order chi connectivity index (χ1) is 9.19. The first-order valence-corrected chi connectivity index (χ1v) is 6.85. The van der Waals surface area contributed by atoms with Crippen LogP contribution < -0.4 is 11.5 Å². The van der Waals surface area contributed by atoms with Crippen molar-refractivity contribution >= 4 is 5.91 Å². The van der Waals surface area contributed by atoms with Crippen molar-refractivity contribution < 1.29 is 4.79 Å². The smallest absolute Gasteiger partial charge is 0.231 e. The van der Waals surface area contributed by atoms with E-state index in [-0.39, 0.29) is 5.91 Å². The average molecular weight is 262 g/mol. The van der Waals surface area contributed by atoms with Crippen LogP contribution in [0.3, 0.4) is 0 Å². The van der Waals surface area contributed by atoms with E-state index in [1.807, 2.05) is 12.1 Å². The first-order valence-electron chi connectivity index (χ1n) is 6.85. The molecule has 0 atom stereocenters. The zero-order chi connectivity index (χ0) is 13.7. The third-order valence-electron chi connectivity index (χ3n) is 3.68. The summed E-state index contributed by atoms with van der Waals surface area (Å²) in [6.07, 6.45) is 6.56. The van der Waals surface area contributed by atoms with Gasteiger partial charge in [-0.15, -0.1) is 0 Å². The standard InChI is InChI=1S/C14H22N4O/c15-8-12-7-11(5-6-17-12)9-18(10-14(16)19)13-3-1-2-4-13/h5-7,13H,1-4,8-10,15H2,(H2,16,19). The van der Waals surface area contributed by atoms with Gasteiger partial charge in [0.25, 0.3) is 0 Å². The minimum atomic E-state index is -0.264. The van der Waals surface area contributed by atoms with Crippen LogP contribution in [0.5, 0.6) is 0 Å². The second-order valence-electron chi connectivity index (χ2n) is 5.17. The maximum atomic E-state index is 11.2. The summed E-state index contributed by atoms with van der Waals surface area (Å²) in [6.45, 7) is 1.50. The Hall–Kier alpha value is -1.46. The minimum absolute atomic E-state index is 0.264. The maximum absolute atomic E-state index is 11.2. The maximum Gasteiger partial charge on any atom is 0.231 e. The molecular formula is C14H22N4O. The molecule has 5 heteroatoms. The monoisotopic (exact) mass is 262 g/mol. The van der Waals surface area contributed by atoms with Crippen LogP contribution >= 0.6 is 0 Å². The fourth-order valence-corrected chi connectivity index (χ4v) is 2.76. The largest absolute Gasteiger partial charge is 0.369 e. The van der Waals surface area contributed by atoms with Gasteiger partial charge in [0.1, 0.15) is 0 Å². The van der Waals surface area contributed by atoms with E-state index < -0.39 is 0 Å². The Bertz CT molecular complexity index is 429. The molecule has 1 aliphatic rings. The second kappa shape index (κ2) is 6.63. The van der Waals surface area contributed by atoms with E-state index >= 15 is 0 Å². The van der Waals surface area contributed by atoms with E-state index in [0.29, 0.717) is 19.1 Å². The van der Waals surface area contributed by atoms with Crippen LogP contribution in [0.1, 0.15) is 36.9 Å². The average Bonchev–Trinajstić information content (AvgIpc) is 2.91. The molecule has 1 heterocycles. The third kappa shape index (κ3) is 4.01. The number of amides is 1. The molecule has 0 radical (unpaired) electrons. The van der Waals surface area contributed by atoms with E-state index in [0.717, 1.165) is 30.6 Å². The molecular weight excluding hydrogens is 240 g/mol. The SMILES string of the molecule is NCc1cc(CN(CC(N)=O)C2CCCC2)ccn1. The molecule has 4 N–H and O–H groups in total. The molecule has 19 heavy (non-hydrogen) atoms. The van der Waals surface area contributed by atoms with Gasteiger partial charge in [-0.3, -0.25) is 14.7 Å². The summed E-state index contributed by atoms with van der Waals surface area (Å²) in [5, 5.41) is 0. The van der Waals surface area contributed by atoms with Crippen LogP contribution in [0.4, 0.5) is 0 Å². The molecule has 0 saturated heterocycles. The highest BCUT2D eigenvalue weighted by Crippen LogP contribution is 2.24. The molecule has 0 unspecified atom stereocenters. The summed E-state index contributed by atoms with van der Waals surface area (Å²) in [4.78, 5) is 17.6. The number of aromatic nitrogens is 1. The molecule has 1 aromatic heterocycles. The van der Waals surface area contributed by atoms with E-state index in [4.69, 9.17) is 11.5 Å². The van der Waals surface area contributed by atoms with Crippen molar-refractivity contribution in [2.24, 2.45) is 11.5 Å². The highest BCUT2D eigenvalue weighted by atomic mass is 16.1. The van der Waals surface area contributed by atoms with Gasteiger partial charge in [0.2, 0.25) is 5.91 Å². The molecule has 104 valence electrons. The van der Waals surface area contributed by atoms with Crippen molar-refractivity contribution in [3.05, 3.63) is 29.6 Å². The zero-order valence-corrected chi connectivity index (χ0v) is 11.2. The lowest BCUT2D eigenvalue weighted by Gasteiger charge is -2.27. The van der Waals surface area contributed by atoms with Gasteiger partial charge >= 0.3 is 0 Å². The number of carbonyl (C=O) groups excluding carboxylic acids is 1. The number of hydrogen-bond donors (Lipinski definition) is 2. The molecule has 1 saturated carbocycles. The Kier molecular flexibility index (Phi) is 4.87. The topological polar surface area (TPSA) is 85.2 Å². The Morgan fingerprint density at radius 1 is 1.42 bits per heavy atom. The summed E-state index contributed by atoms with van der Waals surface area (Å²) in [6, 6.07) is 4.45. The summed E-state index contributed by atoms with van der Waals surface area (Å²) in [5.74, 6) is -0.264. The van der Waals surface area contributed by atoms with Crippen molar-refractivity contribution in [1.29, 1.82) is 0 Å². The molecule has 0 aromatic carbocycles. The molecule has 0 bridgehead atoms. The van der Waals surface area contributed by atoms with Crippen molar-refractivity contribution in [2.75, 3.05) is 6.54 Å². The Morgan fingerprint density at radius 3 is 2.79 bits per heavy atom. The summed E-state index contributed by atoms with van der Waals surface area (Å²) >= 11 is 0. The highest BCUT2D eigenvalue weighted by molar-refractivity contribution is 5.75. The van der Waals surface area contributed by atoms with Gasteiger partial charge in [0, 0.05) is 25.3 Å².